The first-order valence-corrected chi connectivity index (χ1v) is 9.93. The molecule has 1 saturated carbocycles. The Balaban J connectivity index is 1.90. The number of aliphatic hydroxyl groups is 1. The molecule has 0 saturated heterocycles. The molecule has 0 aromatic heterocycles. The number of nitrogens with one attached hydrogen (secondary N) is 2. The topological polar surface area (TPSA) is 111 Å². The van der Waals surface area contributed by atoms with E-state index in [2.05, 4.69) is 15.4 Å². The zero-order valence-electron chi connectivity index (χ0n) is 17.4. The number of benzene rings is 1. The predicted molar refractivity (Wildman–Crippen MR) is 104 cm³/mol. The van der Waals surface area contributed by atoms with Crippen LogP contribution in [0.1, 0.15) is 50.7 Å². The quantitative estimate of drug-likeness (QED) is 0.603. The second-order valence-corrected chi connectivity index (χ2v) is 8.26. The van der Waals surface area contributed by atoms with Gasteiger partial charge in [-0.1, -0.05) is 6.07 Å². The summed E-state index contributed by atoms with van der Waals surface area (Å²) in [5, 5.41) is 23.7. The van der Waals surface area contributed by atoms with Gasteiger partial charge in [-0.2, -0.15) is 5.26 Å². The molecule has 10 heteroatoms. The fourth-order valence-electron chi connectivity index (χ4n) is 3.27. The van der Waals surface area contributed by atoms with Crippen LogP contribution in [0.4, 0.5) is 13.2 Å². The lowest BCUT2D eigenvalue weighted by atomic mass is 9.84. The molecule has 0 unspecified atom stereocenters. The third-order valence-corrected chi connectivity index (χ3v) is 5.32. The van der Waals surface area contributed by atoms with Crippen LogP contribution in [0.2, 0.25) is 0 Å². The third-order valence-electron chi connectivity index (χ3n) is 5.32. The van der Waals surface area contributed by atoms with E-state index in [1.54, 1.807) is 19.9 Å². The van der Waals surface area contributed by atoms with Crippen LogP contribution >= 0.6 is 0 Å². The molecule has 2 rings (SSSR count). The largest absolute Gasteiger partial charge is 0.573 e. The van der Waals surface area contributed by atoms with Gasteiger partial charge in [0.25, 0.3) is 0 Å². The van der Waals surface area contributed by atoms with E-state index >= 15 is 0 Å². The van der Waals surface area contributed by atoms with E-state index in [9.17, 15) is 27.9 Å². The maximum absolute atomic E-state index is 12.6. The molecule has 0 bridgehead atoms. The predicted octanol–water partition coefficient (Wildman–Crippen LogP) is 2.77. The van der Waals surface area contributed by atoms with Crippen LogP contribution in [0, 0.1) is 22.7 Å². The monoisotopic (exact) mass is 441 g/mol. The number of carbonyl (C=O) groups is 2. The Kier molecular flexibility index (Phi) is 7.90. The van der Waals surface area contributed by atoms with Crippen LogP contribution in [0.15, 0.2) is 18.2 Å². The van der Waals surface area contributed by atoms with Gasteiger partial charge in [0.1, 0.15) is 5.75 Å². The van der Waals surface area contributed by atoms with Crippen molar-refractivity contribution in [3.05, 3.63) is 29.3 Å². The van der Waals surface area contributed by atoms with Crippen LogP contribution in [0.5, 0.6) is 5.75 Å². The molecule has 1 fully saturated rings. The molecular weight excluding hydrogens is 415 g/mol. The molecule has 1 aromatic carbocycles. The molecule has 1 aromatic rings. The lowest BCUT2D eigenvalue weighted by Gasteiger charge is -2.31. The van der Waals surface area contributed by atoms with Crippen molar-refractivity contribution in [1.29, 1.82) is 5.26 Å². The van der Waals surface area contributed by atoms with E-state index in [0.717, 1.165) is 6.07 Å². The number of nitriles is 1. The first-order valence-electron chi connectivity index (χ1n) is 9.93. The van der Waals surface area contributed by atoms with Crippen molar-refractivity contribution in [2.45, 2.75) is 58.5 Å². The highest BCUT2D eigenvalue weighted by Gasteiger charge is 2.33. The van der Waals surface area contributed by atoms with E-state index in [4.69, 9.17) is 5.26 Å². The highest BCUT2D eigenvalue weighted by atomic mass is 19.4. The minimum absolute atomic E-state index is 0.0130. The molecule has 3 N–H and O–H groups in total. The number of aliphatic hydroxyl groups excluding tert-OH is 1. The number of alkyl halides is 3. The van der Waals surface area contributed by atoms with E-state index in [-0.39, 0.29) is 48.1 Å². The number of rotatable bonds is 7. The number of halogens is 3. The van der Waals surface area contributed by atoms with Crippen LogP contribution in [-0.4, -0.2) is 35.9 Å². The van der Waals surface area contributed by atoms with Gasteiger partial charge in [0.2, 0.25) is 11.8 Å². The average molecular weight is 441 g/mol. The maximum Gasteiger partial charge on any atom is 0.573 e. The molecule has 0 heterocycles. The number of amides is 2. The van der Waals surface area contributed by atoms with Gasteiger partial charge in [0, 0.05) is 24.1 Å². The third kappa shape index (κ3) is 7.14. The molecule has 31 heavy (non-hydrogen) atoms. The Morgan fingerprint density at radius 3 is 2.42 bits per heavy atom. The van der Waals surface area contributed by atoms with Crippen LogP contribution < -0.4 is 15.4 Å². The van der Waals surface area contributed by atoms with Gasteiger partial charge in [-0.3, -0.25) is 9.59 Å². The molecule has 0 spiro atoms. The zero-order valence-corrected chi connectivity index (χ0v) is 17.4. The Labute approximate surface area is 178 Å². The van der Waals surface area contributed by atoms with E-state index in [1.165, 1.54) is 12.1 Å². The second kappa shape index (κ2) is 10.0. The average Bonchev–Trinajstić information content (AvgIpc) is 2.71. The fraction of sp³-hybridized carbons (Fsp3) is 0.571. The van der Waals surface area contributed by atoms with Gasteiger partial charge in [0.05, 0.1) is 23.7 Å². The normalized spacial score (nSPS) is 19.3. The van der Waals surface area contributed by atoms with Crippen molar-refractivity contribution in [2.24, 2.45) is 11.3 Å². The standard InChI is InChI=1S/C21H26F3N3O4/c1-20(2,12-28)19(30)27-16-7-5-14(6-8-16)18(29)26-11-15-4-3-13(10-25)9-17(15)31-21(22,23)24/h3-4,9,14,16,28H,5-8,11-12H2,1-2H3,(H,26,29)(H,27,30)/t14-,16+. The number of carbonyl (C=O) groups excluding carboxylic acids is 2. The maximum atomic E-state index is 12.6. The van der Waals surface area contributed by atoms with Crippen LogP contribution in [-0.2, 0) is 16.1 Å². The molecular formula is C21H26F3N3O4. The van der Waals surface area contributed by atoms with Gasteiger partial charge in [0.15, 0.2) is 0 Å². The first kappa shape index (κ1) is 24.5. The summed E-state index contributed by atoms with van der Waals surface area (Å²) in [5.74, 6) is -1.38. The van der Waals surface area contributed by atoms with E-state index in [1.807, 2.05) is 0 Å². The summed E-state index contributed by atoms with van der Waals surface area (Å²) >= 11 is 0. The Morgan fingerprint density at radius 1 is 1.23 bits per heavy atom. The molecule has 0 aliphatic heterocycles. The highest BCUT2D eigenvalue weighted by Crippen LogP contribution is 2.29. The minimum Gasteiger partial charge on any atom is -0.405 e. The Morgan fingerprint density at radius 2 is 1.87 bits per heavy atom. The van der Waals surface area contributed by atoms with Crippen molar-refractivity contribution >= 4 is 11.8 Å². The van der Waals surface area contributed by atoms with Crippen molar-refractivity contribution in [3.63, 3.8) is 0 Å². The summed E-state index contributed by atoms with van der Waals surface area (Å²) in [7, 11) is 0. The number of hydrogen-bond donors (Lipinski definition) is 3. The molecule has 170 valence electrons. The molecule has 0 atom stereocenters. The first-order chi connectivity index (χ1) is 14.4. The Bertz CT molecular complexity index is 841. The fourth-order valence-corrected chi connectivity index (χ4v) is 3.27. The van der Waals surface area contributed by atoms with E-state index < -0.39 is 17.5 Å². The smallest absolute Gasteiger partial charge is 0.405 e. The number of nitrogens with zero attached hydrogens (tertiary/aromatic N) is 1. The lowest BCUT2D eigenvalue weighted by molar-refractivity contribution is -0.274. The summed E-state index contributed by atoms with van der Waals surface area (Å²) < 4.78 is 41.9. The zero-order chi connectivity index (χ0) is 23.2. The summed E-state index contributed by atoms with van der Waals surface area (Å²) in [5.41, 5.74) is -0.762. The van der Waals surface area contributed by atoms with Gasteiger partial charge >= 0.3 is 6.36 Å². The van der Waals surface area contributed by atoms with Crippen molar-refractivity contribution in [2.75, 3.05) is 6.61 Å². The summed E-state index contributed by atoms with van der Waals surface area (Å²) in [4.78, 5) is 24.6. The number of ether oxygens (including phenoxy) is 1. The second-order valence-electron chi connectivity index (χ2n) is 8.26. The van der Waals surface area contributed by atoms with Gasteiger partial charge < -0.3 is 20.5 Å². The summed E-state index contributed by atoms with van der Waals surface area (Å²) in [6.45, 7) is 2.84. The van der Waals surface area contributed by atoms with Crippen molar-refractivity contribution in [1.82, 2.24) is 10.6 Å². The van der Waals surface area contributed by atoms with Crippen LogP contribution in [0.3, 0.4) is 0 Å². The molecule has 2 amide bonds. The van der Waals surface area contributed by atoms with Crippen molar-refractivity contribution in [3.8, 4) is 11.8 Å². The minimum atomic E-state index is -4.92. The molecule has 1 aliphatic rings. The lowest BCUT2D eigenvalue weighted by Crippen LogP contribution is -2.46. The molecule has 7 nitrogen and oxygen atoms in total. The molecule has 0 radical (unpaired) electrons. The van der Waals surface area contributed by atoms with E-state index in [0.29, 0.717) is 25.7 Å². The summed E-state index contributed by atoms with van der Waals surface area (Å²) in [6, 6.07) is 5.31. The highest BCUT2D eigenvalue weighted by molar-refractivity contribution is 5.82. The SMILES string of the molecule is CC(C)(CO)C(=O)N[C@H]1CC[C@@H](C(=O)NCc2ccc(C#N)cc2OC(F)(F)F)CC1. The van der Waals surface area contributed by atoms with Gasteiger partial charge in [-0.25, -0.2) is 0 Å². The van der Waals surface area contributed by atoms with Crippen LogP contribution in [0.25, 0.3) is 0 Å². The van der Waals surface area contributed by atoms with Crippen molar-refractivity contribution < 1.29 is 32.6 Å². The van der Waals surface area contributed by atoms with Gasteiger partial charge in [-0.15, -0.1) is 13.2 Å². The number of hydrogen-bond acceptors (Lipinski definition) is 5. The Hall–Kier alpha value is -2.80. The molecule has 1 aliphatic carbocycles. The summed E-state index contributed by atoms with van der Waals surface area (Å²) in [6.07, 6.45) is -2.69. The van der Waals surface area contributed by atoms with Gasteiger partial charge in [-0.05, 0) is 51.7 Å².